The molecule has 2 aliphatic rings. The molecule has 104 valence electrons. The van der Waals surface area contributed by atoms with Gasteiger partial charge in [0.1, 0.15) is 0 Å². The van der Waals surface area contributed by atoms with Gasteiger partial charge < -0.3 is 4.90 Å². The van der Waals surface area contributed by atoms with Gasteiger partial charge in [0.25, 0.3) is 0 Å². The van der Waals surface area contributed by atoms with Gasteiger partial charge in [-0.1, -0.05) is 41.6 Å². The summed E-state index contributed by atoms with van der Waals surface area (Å²) in [6.07, 6.45) is 12.3. The van der Waals surface area contributed by atoms with Gasteiger partial charge in [0.05, 0.1) is 0 Å². The molecule has 0 heterocycles. The highest BCUT2D eigenvalue weighted by atomic mass is 79.9. The van der Waals surface area contributed by atoms with Crippen molar-refractivity contribution < 1.29 is 4.79 Å². The quantitative estimate of drug-likeness (QED) is 0.552. The van der Waals surface area contributed by atoms with Gasteiger partial charge in [0, 0.05) is 23.8 Å². The molecule has 2 nitrogen and oxygen atoms in total. The zero-order valence-electron chi connectivity index (χ0n) is 11.4. The van der Waals surface area contributed by atoms with Crippen molar-refractivity contribution in [2.45, 2.75) is 70.3 Å². The van der Waals surface area contributed by atoms with E-state index in [-0.39, 0.29) is 0 Å². The highest BCUT2D eigenvalue weighted by molar-refractivity contribution is 9.09. The van der Waals surface area contributed by atoms with Crippen molar-refractivity contribution in [3.63, 3.8) is 0 Å². The maximum absolute atomic E-state index is 12.7. The molecule has 2 rings (SSSR count). The van der Waals surface area contributed by atoms with E-state index in [9.17, 15) is 4.79 Å². The molecule has 0 N–H and O–H groups in total. The van der Waals surface area contributed by atoms with E-state index in [0.29, 0.717) is 17.9 Å². The minimum atomic E-state index is 0.337. The number of carbonyl (C=O) groups excluding carboxylic acids is 1. The number of nitrogens with zero attached hydrogens (tertiary/aromatic N) is 1. The van der Waals surface area contributed by atoms with Crippen molar-refractivity contribution in [2.75, 3.05) is 11.9 Å². The minimum Gasteiger partial charge on any atom is -0.339 e. The number of alkyl halides is 1. The van der Waals surface area contributed by atoms with E-state index in [1.165, 1.54) is 44.9 Å². The van der Waals surface area contributed by atoms with Gasteiger partial charge in [-0.05, 0) is 38.5 Å². The van der Waals surface area contributed by atoms with Crippen LogP contribution in [0, 0.1) is 5.92 Å². The predicted molar refractivity (Wildman–Crippen MR) is 79.0 cm³/mol. The molecular weight excluding hydrogens is 290 g/mol. The van der Waals surface area contributed by atoms with Crippen LogP contribution in [0.1, 0.15) is 64.2 Å². The minimum absolute atomic E-state index is 0.337. The standard InChI is InChI=1S/C15H26BrNO/c16-11-6-12-17(14-9-5-10-14)15(18)13-7-3-1-2-4-8-13/h13-14H,1-12H2. The highest BCUT2D eigenvalue weighted by Gasteiger charge is 2.32. The second kappa shape index (κ2) is 7.52. The summed E-state index contributed by atoms with van der Waals surface area (Å²) in [5.74, 6) is 0.811. The molecule has 0 saturated heterocycles. The second-order valence-electron chi connectivity index (χ2n) is 5.85. The van der Waals surface area contributed by atoms with Gasteiger partial charge >= 0.3 is 0 Å². The summed E-state index contributed by atoms with van der Waals surface area (Å²) in [6, 6.07) is 0.569. The largest absolute Gasteiger partial charge is 0.339 e. The highest BCUT2D eigenvalue weighted by Crippen LogP contribution is 2.30. The van der Waals surface area contributed by atoms with Crippen LogP contribution in [0.5, 0.6) is 0 Å². The maximum atomic E-state index is 12.7. The van der Waals surface area contributed by atoms with Crippen LogP contribution >= 0.6 is 15.9 Å². The number of rotatable bonds is 5. The lowest BCUT2D eigenvalue weighted by Gasteiger charge is -2.39. The molecule has 3 heteroatoms. The summed E-state index contributed by atoms with van der Waals surface area (Å²) in [5.41, 5.74) is 0. The van der Waals surface area contributed by atoms with E-state index in [1.54, 1.807) is 0 Å². The van der Waals surface area contributed by atoms with Gasteiger partial charge in [-0.25, -0.2) is 0 Å². The zero-order valence-corrected chi connectivity index (χ0v) is 13.0. The van der Waals surface area contributed by atoms with Crippen LogP contribution in [0.2, 0.25) is 0 Å². The molecule has 0 atom stereocenters. The Balaban J connectivity index is 1.92. The first-order valence-corrected chi connectivity index (χ1v) is 8.81. The lowest BCUT2D eigenvalue weighted by Crippen LogP contribution is -2.47. The van der Waals surface area contributed by atoms with E-state index in [1.807, 2.05) is 0 Å². The van der Waals surface area contributed by atoms with Crippen LogP contribution < -0.4 is 0 Å². The van der Waals surface area contributed by atoms with Crippen LogP contribution in [-0.2, 0) is 4.79 Å². The van der Waals surface area contributed by atoms with E-state index >= 15 is 0 Å². The SMILES string of the molecule is O=C(C1CCCCCC1)N(CCCBr)C1CCC1. The maximum Gasteiger partial charge on any atom is 0.225 e. The fraction of sp³-hybridized carbons (Fsp3) is 0.933. The molecule has 0 spiro atoms. The number of hydrogen-bond acceptors (Lipinski definition) is 1. The van der Waals surface area contributed by atoms with Crippen LogP contribution in [0.3, 0.4) is 0 Å². The first kappa shape index (κ1) is 14.4. The monoisotopic (exact) mass is 315 g/mol. The molecular formula is C15H26BrNO. The first-order chi connectivity index (χ1) is 8.83. The van der Waals surface area contributed by atoms with Gasteiger partial charge in [0.15, 0.2) is 0 Å². The van der Waals surface area contributed by atoms with E-state index in [2.05, 4.69) is 20.8 Å². The Labute approximate surface area is 120 Å². The average molecular weight is 316 g/mol. The third-order valence-corrected chi connectivity index (χ3v) is 5.10. The van der Waals surface area contributed by atoms with E-state index in [0.717, 1.165) is 31.1 Å². The van der Waals surface area contributed by atoms with Crippen molar-refractivity contribution >= 4 is 21.8 Å². The van der Waals surface area contributed by atoms with Crippen LogP contribution in [-0.4, -0.2) is 28.7 Å². The number of hydrogen-bond donors (Lipinski definition) is 0. The molecule has 0 bridgehead atoms. The van der Waals surface area contributed by atoms with Crippen molar-refractivity contribution in [2.24, 2.45) is 5.92 Å². The molecule has 2 saturated carbocycles. The van der Waals surface area contributed by atoms with Crippen molar-refractivity contribution in [1.29, 1.82) is 0 Å². The molecule has 0 aromatic carbocycles. The molecule has 0 aliphatic heterocycles. The zero-order chi connectivity index (χ0) is 12.8. The molecule has 2 fully saturated rings. The van der Waals surface area contributed by atoms with Crippen molar-refractivity contribution in [3.8, 4) is 0 Å². The second-order valence-corrected chi connectivity index (χ2v) is 6.64. The first-order valence-electron chi connectivity index (χ1n) is 7.69. The Morgan fingerprint density at radius 1 is 1.00 bits per heavy atom. The fourth-order valence-corrected chi connectivity index (χ4v) is 3.41. The molecule has 0 radical (unpaired) electrons. The summed E-state index contributed by atoms with van der Waals surface area (Å²) in [6.45, 7) is 0.964. The summed E-state index contributed by atoms with van der Waals surface area (Å²) >= 11 is 3.49. The summed E-state index contributed by atoms with van der Waals surface area (Å²) in [4.78, 5) is 14.9. The average Bonchev–Trinajstić information content (AvgIpc) is 2.59. The Kier molecular flexibility index (Phi) is 6.00. The number of carbonyl (C=O) groups is 1. The topological polar surface area (TPSA) is 20.3 Å². The number of halogens is 1. The molecule has 0 unspecified atom stereocenters. The Morgan fingerprint density at radius 2 is 1.67 bits per heavy atom. The van der Waals surface area contributed by atoms with Crippen LogP contribution in [0.15, 0.2) is 0 Å². The van der Waals surface area contributed by atoms with Crippen LogP contribution in [0.4, 0.5) is 0 Å². The lowest BCUT2D eigenvalue weighted by molar-refractivity contribution is -0.140. The molecule has 2 aliphatic carbocycles. The van der Waals surface area contributed by atoms with E-state index in [4.69, 9.17) is 0 Å². The fourth-order valence-electron chi connectivity index (χ4n) is 3.16. The van der Waals surface area contributed by atoms with Crippen LogP contribution in [0.25, 0.3) is 0 Å². The van der Waals surface area contributed by atoms with Crippen molar-refractivity contribution in [3.05, 3.63) is 0 Å². The number of amides is 1. The Morgan fingerprint density at radius 3 is 2.17 bits per heavy atom. The normalized spacial score (nSPS) is 22.3. The third-order valence-electron chi connectivity index (χ3n) is 4.54. The van der Waals surface area contributed by atoms with E-state index < -0.39 is 0 Å². The smallest absolute Gasteiger partial charge is 0.225 e. The Bertz CT molecular complexity index is 257. The summed E-state index contributed by atoms with van der Waals surface area (Å²) in [5, 5.41) is 1.01. The van der Waals surface area contributed by atoms with Crippen molar-refractivity contribution in [1.82, 2.24) is 4.90 Å². The molecule has 0 aromatic heterocycles. The van der Waals surface area contributed by atoms with Gasteiger partial charge in [-0.3, -0.25) is 4.79 Å². The van der Waals surface area contributed by atoms with Gasteiger partial charge in [0.2, 0.25) is 5.91 Å². The third kappa shape index (κ3) is 3.72. The summed E-state index contributed by atoms with van der Waals surface area (Å²) in [7, 11) is 0. The lowest BCUT2D eigenvalue weighted by atomic mass is 9.89. The van der Waals surface area contributed by atoms with Gasteiger partial charge in [-0.15, -0.1) is 0 Å². The predicted octanol–water partition coefficient (Wildman–Crippen LogP) is 4.12. The summed E-state index contributed by atoms with van der Waals surface area (Å²) < 4.78 is 0. The molecule has 0 aromatic rings. The molecule has 18 heavy (non-hydrogen) atoms. The molecule has 1 amide bonds. The van der Waals surface area contributed by atoms with Gasteiger partial charge in [-0.2, -0.15) is 0 Å². The Hall–Kier alpha value is -0.0500.